The van der Waals surface area contributed by atoms with Gasteiger partial charge in [-0.05, 0) is 24.3 Å². The summed E-state index contributed by atoms with van der Waals surface area (Å²) >= 11 is 3.46. The lowest BCUT2D eigenvalue weighted by atomic mass is 10.2. The molecule has 0 aliphatic heterocycles. The summed E-state index contributed by atoms with van der Waals surface area (Å²) in [6.45, 7) is 1.45. The van der Waals surface area contributed by atoms with Crippen molar-refractivity contribution in [1.29, 1.82) is 0 Å². The SMILES string of the molecule is COc1cc(NC(C)=O)cc(Oc2ccnc3ccc(Br)cc23)c1. The van der Waals surface area contributed by atoms with Crippen LogP contribution in [0.15, 0.2) is 53.1 Å². The Kier molecular flexibility index (Phi) is 4.66. The van der Waals surface area contributed by atoms with E-state index < -0.39 is 0 Å². The van der Waals surface area contributed by atoms with Crippen LogP contribution in [0.25, 0.3) is 10.9 Å². The first-order chi connectivity index (χ1) is 11.5. The number of carbonyl (C=O) groups excluding carboxylic acids is 1. The van der Waals surface area contributed by atoms with Gasteiger partial charge in [-0.3, -0.25) is 9.78 Å². The molecule has 0 atom stereocenters. The molecule has 0 aliphatic carbocycles. The number of halogens is 1. The Hall–Kier alpha value is -2.60. The van der Waals surface area contributed by atoms with Crippen LogP contribution in [0, 0.1) is 0 Å². The molecule has 1 amide bonds. The van der Waals surface area contributed by atoms with E-state index in [-0.39, 0.29) is 5.91 Å². The van der Waals surface area contributed by atoms with E-state index in [2.05, 4.69) is 26.2 Å². The summed E-state index contributed by atoms with van der Waals surface area (Å²) in [6, 6.07) is 12.8. The van der Waals surface area contributed by atoms with Crippen LogP contribution >= 0.6 is 15.9 Å². The van der Waals surface area contributed by atoms with Crippen LogP contribution in [0.5, 0.6) is 17.2 Å². The van der Waals surface area contributed by atoms with Crippen molar-refractivity contribution < 1.29 is 14.3 Å². The van der Waals surface area contributed by atoms with Gasteiger partial charge in [0, 0.05) is 46.9 Å². The number of hydrogen-bond donors (Lipinski definition) is 1. The van der Waals surface area contributed by atoms with Crippen molar-refractivity contribution in [3.63, 3.8) is 0 Å². The summed E-state index contributed by atoms with van der Waals surface area (Å²) in [5, 5.41) is 3.62. The van der Waals surface area contributed by atoms with Crippen molar-refractivity contribution in [1.82, 2.24) is 4.98 Å². The quantitative estimate of drug-likeness (QED) is 0.702. The van der Waals surface area contributed by atoms with Gasteiger partial charge in [0.15, 0.2) is 0 Å². The molecule has 3 aromatic rings. The maximum absolute atomic E-state index is 11.3. The lowest BCUT2D eigenvalue weighted by Crippen LogP contribution is -2.06. The molecule has 5 nitrogen and oxygen atoms in total. The van der Waals surface area contributed by atoms with Crippen molar-refractivity contribution in [3.8, 4) is 17.2 Å². The number of ether oxygens (including phenoxy) is 2. The third kappa shape index (κ3) is 3.65. The molecule has 0 fully saturated rings. The zero-order valence-electron chi connectivity index (χ0n) is 13.2. The molecule has 1 aromatic heterocycles. The van der Waals surface area contributed by atoms with Crippen LogP contribution in [0.4, 0.5) is 5.69 Å². The number of carbonyl (C=O) groups is 1. The fourth-order valence-electron chi connectivity index (χ4n) is 2.33. The van der Waals surface area contributed by atoms with E-state index in [1.54, 1.807) is 37.6 Å². The van der Waals surface area contributed by atoms with Crippen molar-refractivity contribution in [2.24, 2.45) is 0 Å². The molecule has 122 valence electrons. The predicted octanol–water partition coefficient (Wildman–Crippen LogP) is 4.76. The number of hydrogen-bond acceptors (Lipinski definition) is 4. The molecule has 0 bridgehead atoms. The molecular formula is C18H15BrN2O3. The van der Waals surface area contributed by atoms with Gasteiger partial charge in [0.1, 0.15) is 17.2 Å². The highest BCUT2D eigenvalue weighted by atomic mass is 79.9. The Morgan fingerprint density at radius 3 is 2.67 bits per heavy atom. The van der Waals surface area contributed by atoms with E-state index in [1.165, 1.54) is 6.92 Å². The first-order valence-corrected chi connectivity index (χ1v) is 8.03. The lowest BCUT2D eigenvalue weighted by molar-refractivity contribution is -0.114. The number of nitrogens with one attached hydrogen (secondary N) is 1. The predicted molar refractivity (Wildman–Crippen MR) is 96.8 cm³/mol. The maximum atomic E-state index is 11.3. The second-order valence-corrected chi connectivity index (χ2v) is 6.07. The fourth-order valence-corrected chi connectivity index (χ4v) is 2.69. The van der Waals surface area contributed by atoms with E-state index in [1.807, 2.05) is 18.2 Å². The van der Waals surface area contributed by atoms with Crippen LogP contribution in [0.1, 0.15) is 6.92 Å². The van der Waals surface area contributed by atoms with Crippen molar-refractivity contribution in [2.45, 2.75) is 6.92 Å². The van der Waals surface area contributed by atoms with Crippen LogP contribution in [0.3, 0.4) is 0 Å². The minimum atomic E-state index is -0.160. The molecule has 24 heavy (non-hydrogen) atoms. The highest BCUT2D eigenvalue weighted by Gasteiger charge is 2.08. The number of pyridine rings is 1. The van der Waals surface area contributed by atoms with Crippen LogP contribution in [-0.2, 0) is 4.79 Å². The molecule has 1 N–H and O–H groups in total. The third-order valence-corrected chi connectivity index (χ3v) is 3.82. The van der Waals surface area contributed by atoms with Crippen LogP contribution in [-0.4, -0.2) is 18.0 Å². The molecular weight excluding hydrogens is 372 g/mol. The number of rotatable bonds is 4. The van der Waals surface area contributed by atoms with Gasteiger partial charge in [-0.1, -0.05) is 15.9 Å². The Bertz CT molecular complexity index is 912. The zero-order valence-corrected chi connectivity index (χ0v) is 14.8. The standard InChI is InChI=1S/C18H15BrN2O3/c1-11(22)21-13-8-14(23-2)10-15(9-13)24-18-5-6-20-17-4-3-12(19)7-16(17)18/h3-10H,1-2H3,(H,21,22). The van der Waals surface area contributed by atoms with Crippen molar-refractivity contribution >= 4 is 38.4 Å². The van der Waals surface area contributed by atoms with Gasteiger partial charge in [-0.2, -0.15) is 0 Å². The number of anilines is 1. The molecule has 0 aliphatic rings. The largest absolute Gasteiger partial charge is 0.497 e. The second-order valence-electron chi connectivity index (χ2n) is 5.15. The minimum Gasteiger partial charge on any atom is -0.497 e. The average molecular weight is 387 g/mol. The first kappa shape index (κ1) is 16.3. The first-order valence-electron chi connectivity index (χ1n) is 7.24. The minimum absolute atomic E-state index is 0.160. The molecule has 0 saturated carbocycles. The van der Waals surface area contributed by atoms with Crippen molar-refractivity contribution in [2.75, 3.05) is 12.4 Å². The topological polar surface area (TPSA) is 60.5 Å². The highest BCUT2D eigenvalue weighted by Crippen LogP contribution is 2.34. The Morgan fingerprint density at radius 2 is 1.92 bits per heavy atom. The second kappa shape index (κ2) is 6.88. The third-order valence-electron chi connectivity index (χ3n) is 3.33. The normalized spacial score (nSPS) is 10.5. The molecule has 3 rings (SSSR count). The lowest BCUT2D eigenvalue weighted by Gasteiger charge is -2.12. The fraction of sp³-hybridized carbons (Fsp3) is 0.111. The summed E-state index contributed by atoms with van der Waals surface area (Å²) in [6.07, 6.45) is 1.69. The number of methoxy groups -OCH3 is 1. The zero-order chi connectivity index (χ0) is 17.1. The summed E-state index contributed by atoms with van der Waals surface area (Å²) in [5.41, 5.74) is 1.44. The summed E-state index contributed by atoms with van der Waals surface area (Å²) in [4.78, 5) is 15.6. The van der Waals surface area contributed by atoms with E-state index in [4.69, 9.17) is 9.47 Å². The molecule has 0 unspecified atom stereocenters. The number of nitrogens with zero attached hydrogens (tertiary/aromatic N) is 1. The monoisotopic (exact) mass is 386 g/mol. The molecule has 0 spiro atoms. The van der Waals surface area contributed by atoms with Gasteiger partial charge in [0.25, 0.3) is 0 Å². The van der Waals surface area contributed by atoms with Gasteiger partial charge in [0.2, 0.25) is 5.91 Å². The van der Waals surface area contributed by atoms with E-state index in [0.29, 0.717) is 22.9 Å². The number of amides is 1. The highest BCUT2D eigenvalue weighted by molar-refractivity contribution is 9.10. The molecule has 1 heterocycles. The van der Waals surface area contributed by atoms with Crippen molar-refractivity contribution in [3.05, 3.63) is 53.1 Å². The van der Waals surface area contributed by atoms with Crippen LogP contribution in [0.2, 0.25) is 0 Å². The smallest absolute Gasteiger partial charge is 0.221 e. The molecule has 6 heteroatoms. The summed E-state index contributed by atoms with van der Waals surface area (Å²) in [5.74, 6) is 1.66. The van der Waals surface area contributed by atoms with Gasteiger partial charge < -0.3 is 14.8 Å². The molecule has 2 aromatic carbocycles. The van der Waals surface area contributed by atoms with E-state index >= 15 is 0 Å². The van der Waals surface area contributed by atoms with Gasteiger partial charge in [0.05, 0.1) is 12.6 Å². The average Bonchev–Trinajstić information content (AvgIpc) is 2.54. The summed E-state index contributed by atoms with van der Waals surface area (Å²) in [7, 11) is 1.57. The maximum Gasteiger partial charge on any atom is 0.221 e. The number of aromatic nitrogens is 1. The van der Waals surface area contributed by atoms with Gasteiger partial charge in [-0.15, -0.1) is 0 Å². The Morgan fingerprint density at radius 1 is 1.12 bits per heavy atom. The molecule has 0 saturated heterocycles. The van der Waals surface area contributed by atoms with E-state index in [9.17, 15) is 4.79 Å². The van der Waals surface area contributed by atoms with Crippen LogP contribution < -0.4 is 14.8 Å². The Labute approximate surface area is 147 Å². The summed E-state index contributed by atoms with van der Waals surface area (Å²) < 4.78 is 12.2. The van der Waals surface area contributed by atoms with Gasteiger partial charge >= 0.3 is 0 Å². The molecule has 0 radical (unpaired) electrons. The van der Waals surface area contributed by atoms with E-state index in [0.717, 1.165) is 15.4 Å². The Balaban J connectivity index is 2.01. The number of fused-ring (bicyclic) bond motifs is 1. The number of benzene rings is 2. The van der Waals surface area contributed by atoms with Gasteiger partial charge in [-0.25, -0.2) is 0 Å².